The fourth-order valence-electron chi connectivity index (χ4n) is 2.59. The van der Waals surface area contributed by atoms with Crippen LogP contribution >= 0.6 is 0 Å². The lowest BCUT2D eigenvalue weighted by atomic mass is 10.1. The van der Waals surface area contributed by atoms with E-state index in [9.17, 15) is 4.79 Å². The van der Waals surface area contributed by atoms with Crippen LogP contribution in [0.3, 0.4) is 0 Å². The number of fused-ring (bicyclic) bond motifs is 1. The molecule has 0 saturated heterocycles. The maximum atomic E-state index is 12.7. The van der Waals surface area contributed by atoms with Crippen molar-refractivity contribution in [2.75, 3.05) is 20.6 Å². The highest BCUT2D eigenvalue weighted by Crippen LogP contribution is 2.23. The first-order valence-electron chi connectivity index (χ1n) is 7.35. The molecule has 1 aromatic carbocycles. The summed E-state index contributed by atoms with van der Waals surface area (Å²) in [5.74, 6) is -0.0413. The average molecular weight is 293 g/mol. The van der Waals surface area contributed by atoms with Crippen LogP contribution in [-0.2, 0) is 6.42 Å². The molecule has 3 rings (SSSR count). The van der Waals surface area contributed by atoms with Gasteiger partial charge >= 0.3 is 0 Å². The minimum atomic E-state index is -0.0413. The fraction of sp³-hybridized carbons (Fsp3) is 0.222. The molecule has 4 nitrogen and oxygen atoms in total. The second-order valence-electron chi connectivity index (χ2n) is 5.64. The number of hydrogen-bond donors (Lipinski definition) is 0. The van der Waals surface area contributed by atoms with Gasteiger partial charge in [-0.25, -0.2) is 0 Å². The fourth-order valence-corrected chi connectivity index (χ4v) is 2.59. The number of rotatable bonds is 4. The third-order valence-electron chi connectivity index (χ3n) is 3.75. The van der Waals surface area contributed by atoms with E-state index >= 15 is 0 Å². The van der Waals surface area contributed by atoms with E-state index in [1.165, 1.54) is 5.56 Å². The van der Waals surface area contributed by atoms with Crippen molar-refractivity contribution < 1.29 is 4.79 Å². The number of hydrogen-bond acceptors (Lipinski definition) is 3. The van der Waals surface area contributed by atoms with Gasteiger partial charge in [-0.3, -0.25) is 14.3 Å². The van der Waals surface area contributed by atoms with Crippen LogP contribution in [0.1, 0.15) is 15.9 Å². The number of carbonyl (C=O) groups excluding carboxylic acids is 1. The largest absolute Gasteiger partial charge is 0.309 e. The first-order chi connectivity index (χ1) is 10.7. The van der Waals surface area contributed by atoms with Crippen LogP contribution in [0.25, 0.3) is 10.9 Å². The van der Waals surface area contributed by atoms with Gasteiger partial charge in [-0.2, -0.15) is 0 Å². The normalized spacial score (nSPS) is 11.2. The standard InChI is InChI=1S/C18H19N3O/c1-20(2)11-9-15-13-21(17-8-4-3-7-16(15)17)18(22)14-6-5-10-19-12-14/h3-8,10,12-13H,9,11H2,1-2H3. The number of pyridine rings is 1. The van der Waals surface area contributed by atoms with E-state index in [0.29, 0.717) is 5.56 Å². The Balaban J connectivity index is 2.04. The number of carbonyl (C=O) groups is 1. The molecule has 0 spiro atoms. The molecule has 0 aliphatic heterocycles. The van der Waals surface area contributed by atoms with Crippen molar-refractivity contribution in [1.29, 1.82) is 0 Å². The number of nitrogens with zero attached hydrogens (tertiary/aromatic N) is 3. The molecule has 0 radical (unpaired) electrons. The van der Waals surface area contributed by atoms with Crippen molar-refractivity contribution >= 4 is 16.8 Å². The summed E-state index contributed by atoms with van der Waals surface area (Å²) in [4.78, 5) is 18.9. The maximum Gasteiger partial charge on any atom is 0.263 e. The third-order valence-corrected chi connectivity index (χ3v) is 3.75. The average Bonchev–Trinajstić information content (AvgIpc) is 2.92. The van der Waals surface area contributed by atoms with Gasteiger partial charge in [0.1, 0.15) is 0 Å². The van der Waals surface area contributed by atoms with Crippen molar-refractivity contribution in [2.45, 2.75) is 6.42 Å². The third kappa shape index (κ3) is 2.78. The van der Waals surface area contributed by atoms with Crippen LogP contribution < -0.4 is 0 Å². The predicted molar refractivity (Wildman–Crippen MR) is 88.2 cm³/mol. The van der Waals surface area contributed by atoms with Gasteiger partial charge in [0.05, 0.1) is 11.1 Å². The zero-order valence-corrected chi connectivity index (χ0v) is 12.9. The summed E-state index contributed by atoms with van der Waals surface area (Å²) in [5, 5.41) is 1.14. The molecule has 2 heterocycles. The summed E-state index contributed by atoms with van der Waals surface area (Å²) in [7, 11) is 4.11. The van der Waals surface area contributed by atoms with Crippen LogP contribution in [-0.4, -0.2) is 41.0 Å². The van der Waals surface area contributed by atoms with Gasteiger partial charge in [0.25, 0.3) is 5.91 Å². The summed E-state index contributed by atoms with van der Waals surface area (Å²) >= 11 is 0. The van der Waals surface area contributed by atoms with E-state index in [2.05, 4.69) is 30.0 Å². The molecule has 0 aliphatic rings. The first kappa shape index (κ1) is 14.5. The minimum absolute atomic E-state index is 0.0413. The van der Waals surface area contributed by atoms with E-state index in [1.54, 1.807) is 29.1 Å². The minimum Gasteiger partial charge on any atom is -0.309 e. The van der Waals surface area contributed by atoms with E-state index in [4.69, 9.17) is 0 Å². The molecule has 2 aromatic heterocycles. The molecule has 3 aromatic rings. The molecular formula is C18H19N3O. The molecule has 0 fully saturated rings. The molecule has 0 saturated carbocycles. The van der Waals surface area contributed by atoms with Crippen LogP contribution in [0.2, 0.25) is 0 Å². The van der Waals surface area contributed by atoms with Gasteiger partial charge in [0.15, 0.2) is 0 Å². The van der Waals surface area contributed by atoms with Crippen molar-refractivity contribution in [1.82, 2.24) is 14.5 Å². The summed E-state index contributed by atoms with van der Waals surface area (Å²) in [6.07, 6.45) is 6.16. The molecule has 0 unspecified atom stereocenters. The van der Waals surface area contributed by atoms with Crippen molar-refractivity contribution in [3.63, 3.8) is 0 Å². The predicted octanol–water partition coefficient (Wildman–Crippen LogP) is 2.83. The second-order valence-corrected chi connectivity index (χ2v) is 5.64. The van der Waals surface area contributed by atoms with Crippen LogP contribution in [0.4, 0.5) is 0 Å². The van der Waals surface area contributed by atoms with Gasteiger partial charge in [0, 0.05) is 30.5 Å². The Bertz CT molecular complexity index is 790. The van der Waals surface area contributed by atoms with Crippen LogP contribution in [0.15, 0.2) is 55.0 Å². The Kier molecular flexibility index (Phi) is 4.02. The molecule has 0 bridgehead atoms. The Morgan fingerprint density at radius 1 is 1.18 bits per heavy atom. The molecule has 0 aliphatic carbocycles. The quantitative estimate of drug-likeness (QED) is 0.742. The highest BCUT2D eigenvalue weighted by molar-refractivity contribution is 6.02. The van der Waals surface area contributed by atoms with Gasteiger partial charge in [0.2, 0.25) is 0 Å². The van der Waals surface area contributed by atoms with Gasteiger partial charge in [-0.05, 0) is 44.3 Å². The smallest absolute Gasteiger partial charge is 0.263 e. The lowest BCUT2D eigenvalue weighted by Gasteiger charge is -2.07. The summed E-state index contributed by atoms with van der Waals surface area (Å²) in [6, 6.07) is 11.6. The lowest BCUT2D eigenvalue weighted by Crippen LogP contribution is -2.15. The van der Waals surface area contributed by atoms with E-state index in [0.717, 1.165) is 23.9 Å². The Morgan fingerprint density at radius 3 is 2.73 bits per heavy atom. The molecule has 22 heavy (non-hydrogen) atoms. The van der Waals surface area contributed by atoms with E-state index < -0.39 is 0 Å². The Labute approximate surface area is 130 Å². The maximum absolute atomic E-state index is 12.7. The number of likely N-dealkylation sites (N-methyl/N-ethyl adjacent to an activating group) is 1. The van der Waals surface area contributed by atoms with E-state index in [1.807, 2.05) is 24.4 Å². The van der Waals surface area contributed by atoms with Gasteiger partial charge in [-0.15, -0.1) is 0 Å². The Hall–Kier alpha value is -2.46. The summed E-state index contributed by atoms with van der Waals surface area (Å²) in [5.41, 5.74) is 2.74. The van der Waals surface area contributed by atoms with Crippen LogP contribution in [0.5, 0.6) is 0 Å². The van der Waals surface area contributed by atoms with Crippen LogP contribution in [0, 0.1) is 0 Å². The highest BCUT2D eigenvalue weighted by atomic mass is 16.2. The highest BCUT2D eigenvalue weighted by Gasteiger charge is 2.15. The number of aromatic nitrogens is 2. The lowest BCUT2D eigenvalue weighted by molar-refractivity contribution is 0.0964. The summed E-state index contributed by atoms with van der Waals surface area (Å²) in [6.45, 7) is 0.953. The molecule has 0 atom stereocenters. The number of para-hydroxylation sites is 1. The first-order valence-corrected chi connectivity index (χ1v) is 7.35. The van der Waals surface area contributed by atoms with Gasteiger partial charge < -0.3 is 4.90 Å². The molecule has 4 heteroatoms. The molecule has 0 amide bonds. The van der Waals surface area contributed by atoms with E-state index in [-0.39, 0.29) is 5.91 Å². The monoisotopic (exact) mass is 293 g/mol. The Morgan fingerprint density at radius 2 is 2.00 bits per heavy atom. The second kappa shape index (κ2) is 6.12. The zero-order chi connectivity index (χ0) is 15.5. The SMILES string of the molecule is CN(C)CCc1cn(C(=O)c2cccnc2)c2ccccc12. The van der Waals surface area contributed by atoms with Crippen molar-refractivity contribution in [3.05, 3.63) is 66.1 Å². The molecule has 0 N–H and O–H groups in total. The van der Waals surface area contributed by atoms with Crippen molar-refractivity contribution in [3.8, 4) is 0 Å². The topological polar surface area (TPSA) is 38.1 Å². The number of benzene rings is 1. The molecular weight excluding hydrogens is 274 g/mol. The van der Waals surface area contributed by atoms with Crippen molar-refractivity contribution in [2.24, 2.45) is 0 Å². The van der Waals surface area contributed by atoms with Gasteiger partial charge in [-0.1, -0.05) is 18.2 Å². The summed E-state index contributed by atoms with van der Waals surface area (Å²) < 4.78 is 1.73. The molecule has 112 valence electrons. The zero-order valence-electron chi connectivity index (χ0n) is 12.9.